The molecule has 3 heteroatoms. The molecule has 2 aliphatic rings. The van der Waals surface area contributed by atoms with Gasteiger partial charge in [-0.1, -0.05) is 6.08 Å². The van der Waals surface area contributed by atoms with Crippen molar-refractivity contribution in [1.82, 2.24) is 0 Å². The van der Waals surface area contributed by atoms with Gasteiger partial charge in [0.1, 0.15) is 0 Å². The van der Waals surface area contributed by atoms with Crippen LogP contribution in [0.4, 0.5) is 0 Å². The van der Waals surface area contributed by atoms with Crippen LogP contribution in [0.3, 0.4) is 0 Å². The van der Waals surface area contributed by atoms with Crippen molar-refractivity contribution in [2.45, 2.75) is 18.2 Å². The number of nitrogens with two attached hydrogens (primary N) is 1. The Morgan fingerprint density at radius 2 is 2.10 bits per heavy atom. The Balaban J connectivity index is 2.11. The zero-order valence-electron chi connectivity index (χ0n) is 5.75. The molecular weight excluding hydrogens is 130 g/mol. The van der Waals surface area contributed by atoms with Crippen LogP contribution in [0.25, 0.3) is 0 Å². The number of ether oxygens (including phenoxy) is 2. The lowest BCUT2D eigenvalue weighted by molar-refractivity contribution is -0.116. The molecule has 0 aromatic carbocycles. The summed E-state index contributed by atoms with van der Waals surface area (Å²) in [5, 5.41) is 0. The number of rotatable bonds is 0. The second kappa shape index (κ2) is 2.05. The van der Waals surface area contributed by atoms with Crippen molar-refractivity contribution in [3.63, 3.8) is 0 Å². The van der Waals surface area contributed by atoms with E-state index in [0.717, 1.165) is 6.42 Å². The third-order valence-corrected chi connectivity index (χ3v) is 1.89. The minimum Gasteiger partial charge on any atom is -0.344 e. The Hall–Kier alpha value is -0.380. The van der Waals surface area contributed by atoms with Gasteiger partial charge in [-0.15, -0.1) is 0 Å². The molecule has 0 unspecified atom stereocenters. The second-order valence-corrected chi connectivity index (χ2v) is 2.74. The van der Waals surface area contributed by atoms with Crippen LogP contribution in [0.5, 0.6) is 0 Å². The molecule has 1 fully saturated rings. The average Bonchev–Trinajstić information content (AvgIpc) is 2.46. The molecule has 1 saturated heterocycles. The molecule has 1 heterocycles. The highest BCUT2D eigenvalue weighted by Crippen LogP contribution is 2.30. The first-order valence-electron chi connectivity index (χ1n) is 3.54. The molecule has 0 aromatic heterocycles. The van der Waals surface area contributed by atoms with Crippen LogP contribution >= 0.6 is 0 Å². The highest BCUT2D eigenvalue weighted by molar-refractivity contribution is 5.12. The lowest BCUT2D eigenvalue weighted by atomic mass is 10.2. The number of hydrogen-bond acceptors (Lipinski definition) is 3. The molecule has 1 atom stereocenters. The molecule has 0 saturated carbocycles. The molecule has 0 aromatic rings. The minimum atomic E-state index is -0.445. The smallest absolute Gasteiger partial charge is 0.189 e. The van der Waals surface area contributed by atoms with Crippen LogP contribution in [0.2, 0.25) is 0 Å². The largest absolute Gasteiger partial charge is 0.344 e. The Kier molecular flexibility index (Phi) is 1.30. The van der Waals surface area contributed by atoms with Crippen LogP contribution < -0.4 is 5.73 Å². The summed E-state index contributed by atoms with van der Waals surface area (Å²) in [7, 11) is 0. The van der Waals surface area contributed by atoms with Crippen molar-refractivity contribution < 1.29 is 9.47 Å². The van der Waals surface area contributed by atoms with Gasteiger partial charge in [0, 0.05) is 12.5 Å². The van der Waals surface area contributed by atoms with E-state index in [1.54, 1.807) is 0 Å². The van der Waals surface area contributed by atoms with E-state index < -0.39 is 5.79 Å². The molecule has 1 spiro atoms. The fraction of sp³-hybridized carbons (Fsp3) is 0.714. The van der Waals surface area contributed by atoms with Crippen molar-refractivity contribution in [3.05, 3.63) is 12.2 Å². The van der Waals surface area contributed by atoms with E-state index in [4.69, 9.17) is 15.2 Å². The summed E-state index contributed by atoms with van der Waals surface area (Å²) in [6.07, 6.45) is 4.63. The fourth-order valence-corrected chi connectivity index (χ4v) is 1.42. The van der Waals surface area contributed by atoms with E-state index in [9.17, 15) is 0 Å². The predicted molar refractivity (Wildman–Crippen MR) is 36.4 cm³/mol. The SMILES string of the molecule is N[C@@H]1C=CC2(C1)OCCO2. The average molecular weight is 141 g/mol. The zero-order valence-corrected chi connectivity index (χ0v) is 5.75. The van der Waals surface area contributed by atoms with Gasteiger partial charge in [-0.3, -0.25) is 0 Å². The van der Waals surface area contributed by atoms with E-state index in [0.29, 0.717) is 13.2 Å². The summed E-state index contributed by atoms with van der Waals surface area (Å²) in [6.45, 7) is 1.38. The first-order valence-corrected chi connectivity index (χ1v) is 3.54. The first kappa shape index (κ1) is 6.34. The van der Waals surface area contributed by atoms with E-state index in [-0.39, 0.29) is 6.04 Å². The summed E-state index contributed by atoms with van der Waals surface area (Å²) >= 11 is 0. The molecule has 0 bridgehead atoms. The van der Waals surface area contributed by atoms with Gasteiger partial charge >= 0.3 is 0 Å². The second-order valence-electron chi connectivity index (χ2n) is 2.74. The minimum absolute atomic E-state index is 0.109. The van der Waals surface area contributed by atoms with Gasteiger partial charge < -0.3 is 15.2 Å². The zero-order chi connectivity index (χ0) is 7.03. The molecule has 10 heavy (non-hydrogen) atoms. The van der Waals surface area contributed by atoms with Crippen LogP contribution in [0.1, 0.15) is 6.42 Å². The molecule has 0 amide bonds. The lowest BCUT2D eigenvalue weighted by Crippen LogP contribution is -2.29. The van der Waals surface area contributed by atoms with Crippen molar-refractivity contribution in [3.8, 4) is 0 Å². The molecule has 1 aliphatic heterocycles. The van der Waals surface area contributed by atoms with Crippen LogP contribution in [0, 0.1) is 0 Å². The summed E-state index contributed by atoms with van der Waals surface area (Å²) in [5.74, 6) is -0.445. The quantitative estimate of drug-likeness (QED) is 0.483. The molecule has 56 valence electrons. The van der Waals surface area contributed by atoms with Gasteiger partial charge in [0.25, 0.3) is 0 Å². The lowest BCUT2D eigenvalue weighted by Gasteiger charge is -2.19. The highest BCUT2D eigenvalue weighted by Gasteiger charge is 2.38. The monoisotopic (exact) mass is 141 g/mol. The van der Waals surface area contributed by atoms with E-state index in [1.165, 1.54) is 0 Å². The topological polar surface area (TPSA) is 44.5 Å². The van der Waals surface area contributed by atoms with Gasteiger partial charge in [-0.05, 0) is 6.08 Å². The first-order chi connectivity index (χ1) is 4.81. The Bertz CT molecular complexity index is 161. The van der Waals surface area contributed by atoms with Gasteiger partial charge in [0.15, 0.2) is 5.79 Å². The Labute approximate surface area is 59.8 Å². The molecule has 2 N–H and O–H groups in total. The van der Waals surface area contributed by atoms with Gasteiger partial charge in [0.05, 0.1) is 13.2 Å². The highest BCUT2D eigenvalue weighted by atomic mass is 16.7. The molecule has 2 rings (SSSR count). The third-order valence-electron chi connectivity index (χ3n) is 1.89. The summed E-state index contributed by atoms with van der Waals surface area (Å²) < 4.78 is 10.8. The predicted octanol–water partition coefficient (Wildman–Crippen LogP) is 0.0167. The van der Waals surface area contributed by atoms with Crippen LogP contribution in [-0.4, -0.2) is 25.0 Å². The molecule has 3 nitrogen and oxygen atoms in total. The van der Waals surface area contributed by atoms with E-state index in [1.807, 2.05) is 12.2 Å². The molecular formula is C7H11NO2. The third kappa shape index (κ3) is 0.868. The Morgan fingerprint density at radius 3 is 2.60 bits per heavy atom. The summed E-state index contributed by atoms with van der Waals surface area (Å²) in [4.78, 5) is 0. The standard InChI is InChI=1S/C7H11NO2/c8-6-1-2-7(5-6)9-3-4-10-7/h1-2,6H,3-5,8H2/t6-/m1/s1. The van der Waals surface area contributed by atoms with Crippen molar-refractivity contribution in [1.29, 1.82) is 0 Å². The van der Waals surface area contributed by atoms with Crippen LogP contribution in [-0.2, 0) is 9.47 Å². The van der Waals surface area contributed by atoms with Crippen molar-refractivity contribution in [2.24, 2.45) is 5.73 Å². The summed E-state index contributed by atoms with van der Waals surface area (Å²) in [5.41, 5.74) is 5.64. The normalized spacial score (nSPS) is 35.9. The molecule has 0 radical (unpaired) electrons. The maximum Gasteiger partial charge on any atom is 0.189 e. The maximum atomic E-state index is 5.64. The Morgan fingerprint density at radius 1 is 1.40 bits per heavy atom. The van der Waals surface area contributed by atoms with E-state index in [2.05, 4.69) is 0 Å². The van der Waals surface area contributed by atoms with Crippen molar-refractivity contribution >= 4 is 0 Å². The maximum absolute atomic E-state index is 5.64. The van der Waals surface area contributed by atoms with Gasteiger partial charge in [-0.25, -0.2) is 0 Å². The van der Waals surface area contributed by atoms with Gasteiger partial charge in [0.2, 0.25) is 0 Å². The van der Waals surface area contributed by atoms with E-state index >= 15 is 0 Å². The number of hydrogen-bond donors (Lipinski definition) is 1. The fourth-order valence-electron chi connectivity index (χ4n) is 1.42. The van der Waals surface area contributed by atoms with Gasteiger partial charge in [-0.2, -0.15) is 0 Å². The molecule has 1 aliphatic carbocycles. The van der Waals surface area contributed by atoms with Crippen LogP contribution in [0.15, 0.2) is 12.2 Å². The van der Waals surface area contributed by atoms with Crippen molar-refractivity contribution in [2.75, 3.05) is 13.2 Å². The summed E-state index contributed by atoms with van der Waals surface area (Å²) in [6, 6.07) is 0.109.